The molecule has 1 heterocycles. The quantitative estimate of drug-likeness (QED) is 0.612. The summed E-state index contributed by atoms with van der Waals surface area (Å²) in [6, 6.07) is 0. The molecule has 0 spiro atoms. The Morgan fingerprint density at radius 1 is 1.64 bits per heavy atom. The van der Waals surface area contributed by atoms with Crippen LogP contribution in [0.5, 0.6) is 0 Å². The molecule has 0 aliphatic heterocycles. The van der Waals surface area contributed by atoms with Gasteiger partial charge in [-0.1, -0.05) is 5.10 Å². The first-order chi connectivity index (χ1) is 6.47. The minimum absolute atomic E-state index is 0.162. The van der Waals surface area contributed by atoms with Crippen LogP contribution in [0.2, 0.25) is 0 Å². The van der Waals surface area contributed by atoms with Crippen LogP contribution in [-0.4, -0.2) is 32.1 Å². The molecule has 4 N–H and O–H groups in total. The lowest BCUT2D eigenvalue weighted by Crippen LogP contribution is -2.33. The van der Waals surface area contributed by atoms with Gasteiger partial charge in [-0.25, -0.2) is 0 Å². The molecule has 0 aliphatic rings. The van der Waals surface area contributed by atoms with Crippen molar-refractivity contribution in [3.05, 3.63) is 0 Å². The third-order valence-corrected chi connectivity index (χ3v) is 1.59. The summed E-state index contributed by atoms with van der Waals surface area (Å²) >= 11 is 0. The number of carbonyl (C=O) groups excluding carboxylic acids is 1. The topological polar surface area (TPSA) is 110 Å². The van der Waals surface area contributed by atoms with E-state index in [1.54, 1.807) is 0 Å². The number of rotatable bonds is 4. The van der Waals surface area contributed by atoms with E-state index >= 15 is 0 Å². The number of tetrazole rings is 1. The van der Waals surface area contributed by atoms with Gasteiger partial charge >= 0.3 is 0 Å². The molecule has 0 radical (unpaired) electrons. The largest absolute Gasteiger partial charge is 0.326 e. The molecule has 7 heteroatoms. The summed E-state index contributed by atoms with van der Waals surface area (Å²) in [7, 11) is 0. The SMILES string of the molecule is CC(C)(N)CCC(=O)Nc1nn[nH]n1. The molecule has 0 unspecified atom stereocenters. The van der Waals surface area contributed by atoms with Crippen LogP contribution in [0.1, 0.15) is 26.7 Å². The van der Waals surface area contributed by atoms with E-state index in [0.717, 1.165) is 0 Å². The van der Waals surface area contributed by atoms with Crippen molar-refractivity contribution in [2.45, 2.75) is 32.2 Å². The summed E-state index contributed by atoms with van der Waals surface area (Å²) in [4.78, 5) is 11.3. The molecule has 0 fully saturated rings. The molecular weight excluding hydrogens is 184 g/mol. The van der Waals surface area contributed by atoms with Gasteiger partial charge in [0.05, 0.1) is 0 Å². The second kappa shape index (κ2) is 4.14. The Morgan fingerprint density at radius 3 is 2.86 bits per heavy atom. The molecule has 1 aromatic heterocycles. The van der Waals surface area contributed by atoms with Crippen molar-refractivity contribution in [3.63, 3.8) is 0 Å². The highest BCUT2D eigenvalue weighted by Crippen LogP contribution is 2.07. The number of amides is 1. The normalized spacial score (nSPS) is 11.4. The van der Waals surface area contributed by atoms with Crippen LogP contribution in [0.15, 0.2) is 0 Å². The van der Waals surface area contributed by atoms with Gasteiger partial charge in [-0.05, 0) is 25.5 Å². The third kappa shape index (κ3) is 3.94. The predicted molar refractivity (Wildman–Crippen MR) is 50.3 cm³/mol. The summed E-state index contributed by atoms with van der Waals surface area (Å²) in [6.45, 7) is 3.74. The van der Waals surface area contributed by atoms with Gasteiger partial charge in [0.25, 0.3) is 5.95 Å². The highest BCUT2D eigenvalue weighted by molar-refractivity contribution is 5.88. The van der Waals surface area contributed by atoms with E-state index in [1.165, 1.54) is 0 Å². The molecule has 0 saturated carbocycles. The second-order valence-electron chi connectivity index (χ2n) is 3.77. The number of nitrogens with zero attached hydrogens (tertiary/aromatic N) is 3. The Kier molecular flexibility index (Phi) is 3.13. The maximum absolute atomic E-state index is 11.3. The van der Waals surface area contributed by atoms with Gasteiger partial charge in [0.2, 0.25) is 5.91 Å². The average molecular weight is 198 g/mol. The highest BCUT2D eigenvalue weighted by Gasteiger charge is 2.13. The zero-order valence-electron chi connectivity index (χ0n) is 8.24. The maximum atomic E-state index is 11.3. The first kappa shape index (κ1) is 10.6. The summed E-state index contributed by atoms with van der Waals surface area (Å²) in [5.41, 5.74) is 5.39. The number of anilines is 1. The Balaban J connectivity index is 2.30. The molecule has 7 nitrogen and oxygen atoms in total. The van der Waals surface area contributed by atoms with Crippen molar-refractivity contribution in [2.24, 2.45) is 5.73 Å². The molecule has 14 heavy (non-hydrogen) atoms. The lowest BCUT2D eigenvalue weighted by Gasteiger charge is -2.16. The van der Waals surface area contributed by atoms with Gasteiger partial charge in [0, 0.05) is 12.0 Å². The zero-order chi connectivity index (χ0) is 10.6. The lowest BCUT2D eigenvalue weighted by atomic mass is 10.00. The van der Waals surface area contributed by atoms with E-state index in [2.05, 4.69) is 25.9 Å². The van der Waals surface area contributed by atoms with Gasteiger partial charge in [0.1, 0.15) is 0 Å². The van der Waals surface area contributed by atoms with Gasteiger partial charge in [-0.3, -0.25) is 10.1 Å². The number of nitrogens with one attached hydrogen (secondary N) is 2. The van der Waals surface area contributed by atoms with E-state index in [0.29, 0.717) is 12.8 Å². The standard InChI is InChI=1S/C7H14N6O/c1-7(2,8)4-3-5(14)9-6-10-12-13-11-6/h3-4,8H2,1-2H3,(H2,9,10,11,12,13,14). The van der Waals surface area contributed by atoms with E-state index < -0.39 is 0 Å². The van der Waals surface area contributed by atoms with Crippen molar-refractivity contribution >= 4 is 11.9 Å². The lowest BCUT2D eigenvalue weighted by molar-refractivity contribution is -0.116. The van der Waals surface area contributed by atoms with Gasteiger partial charge in [0.15, 0.2) is 0 Å². The maximum Gasteiger partial charge on any atom is 0.269 e. The molecule has 78 valence electrons. The first-order valence-corrected chi connectivity index (χ1v) is 4.29. The smallest absolute Gasteiger partial charge is 0.269 e. The van der Waals surface area contributed by atoms with E-state index in [-0.39, 0.29) is 17.4 Å². The van der Waals surface area contributed by atoms with E-state index in [1.807, 2.05) is 13.8 Å². The molecule has 0 aromatic carbocycles. The van der Waals surface area contributed by atoms with Crippen LogP contribution < -0.4 is 11.1 Å². The van der Waals surface area contributed by atoms with Crippen molar-refractivity contribution in [3.8, 4) is 0 Å². The van der Waals surface area contributed by atoms with Crippen molar-refractivity contribution in [1.29, 1.82) is 0 Å². The number of hydrogen-bond acceptors (Lipinski definition) is 5. The molecular formula is C7H14N6O. The first-order valence-electron chi connectivity index (χ1n) is 4.29. The van der Waals surface area contributed by atoms with E-state index in [4.69, 9.17) is 5.73 Å². The Bertz CT molecular complexity index is 288. The zero-order valence-corrected chi connectivity index (χ0v) is 8.24. The number of H-pyrrole nitrogens is 1. The summed E-state index contributed by atoms with van der Waals surface area (Å²) in [5.74, 6) is 0.0229. The van der Waals surface area contributed by atoms with Crippen LogP contribution in [0.3, 0.4) is 0 Å². The Labute approximate surface area is 81.4 Å². The number of aromatic amines is 1. The minimum atomic E-state index is -0.339. The molecule has 1 amide bonds. The monoisotopic (exact) mass is 198 g/mol. The third-order valence-electron chi connectivity index (χ3n) is 1.59. The van der Waals surface area contributed by atoms with Gasteiger partial charge < -0.3 is 5.73 Å². The number of carbonyl (C=O) groups is 1. The Morgan fingerprint density at radius 2 is 2.36 bits per heavy atom. The van der Waals surface area contributed by atoms with Crippen molar-refractivity contribution < 1.29 is 4.79 Å². The van der Waals surface area contributed by atoms with Crippen LogP contribution in [0.4, 0.5) is 5.95 Å². The molecule has 0 saturated heterocycles. The van der Waals surface area contributed by atoms with E-state index in [9.17, 15) is 4.79 Å². The Hall–Kier alpha value is -1.50. The number of hydrogen-bond donors (Lipinski definition) is 3. The molecule has 0 atom stereocenters. The van der Waals surface area contributed by atoms with Crippen LogP contribution in [0.25, 0.3) is 0 Å². The molecule has 0 bridgehead atoms. The van der Waals surface area contributed by atoms with Gasteiger partial charge in [-0.15, -0.1) is 5.10 Å². The van der Waals surface area contributed by atoms with Crippen LogP contribution in [0, 0.1) is 0 Å². The molecule has 0 aliphatic carbocycles. The number of nitrogens with two attached hydrogens (primary N) is 1. The molecule has 1 rings (SSSR count). The van der Waals surface area contributed by atoms with Gasteiger partial charge in [-0.2, -0.15) is 5.21 Å². The minimum Gasteiger partial charge on any atom is -0.326 e. The second-order valence-corrected chi connectivity index (χ2v) is 3.77. The van der Waals surface area contributed by atoms with Crippen molar-refractivity contribution in [1.82, 2.24) is 20.6 Å². The van der Waals surface area contributed by atoms with Crippen LogP contribution in [-0.2, 0) is 4.79 Å². The summed E-state index contributed by atoms with van der Waals surface area (Å²) in [6.07, 6.45) is 0.953. The fraction of sp³-hybridized carbons (Fsp3) is 0.714. The van der Waals surface area contributed by atoms with Crippen LogP contribution >= 0.6 is 0 Å². The van der Waals surface area contributed by atoms with Crippen molar-refractivity contribution in [2.75, 3.05) is 5.32 Å². The highest BCUT2D eigenvalue weighted by atomic mass is 16.1. The molecule has 1 aromatic rings. The summed E-state index contributed by atoms with van der Waals surface area (Å²) < 4.78 is 0. The summed E-state index contributed by atoms with van der Waals surface area (Å²) in [5, 5.41) is 15.2. The fourth-order valence-electron chi connectivity index (χ4n) is 0.838. The average Bonchev–Trinajstić information content (AvgIpc) is 2.52. The fourth-order valence-corrected chi connectivity index (χ4v) is 0.838. The predicted octanol–water partition coefficient (Wildman–Crippen LogP) is -0.344. The number of aromatic nitrogens is 4.